The molecule has 0 radical (unpaired) electrons. The highest BCUT2D eigenvalue weighted by Crippen LogP contribution is 2.16. The molecule has 1 fully saturated rings. The monoisotopic (exact) mass is 296 g/mol. The zero-order valence-corrected chi connectivity index (χ0v) is 12.7. The minimum Gasteiger partial charge on any atom is -0.355 e. The van der Waals surface area contributed by atoms with Crippen molar-refractivity contribution in [3.05, 3.63) is 47.9 Å². The fourth-order valence-corrected chi connectivity index (χ4v) is 2.56. The van der Waals surface area contributed by atoms with Gasteiger partial charge in [-0.05, 0) is 38.3 Å². The van der Waals surface area contributed by atoms with Gasteiger partial charge in [-0.25, -0.2) is 9.97 Å². The number of benzene rings is 1. The van der Waals surface area contributed by atoms with Gasteiger partial charge in [0, 0.05) is 18.8 Å². The molecule has 0 bridgehead atoms. The average Bonchev–Trinajstić information content (AvgIpc) is 2.58. The number of nitrogens with zero attached hydrogens (tertiary/aromatic N) is 3. The molecule has 2 heterocycles. The fourth-order valence-electron chi connectivity index (χ4n) is 2.56. The van der Waals surface area contributed by atoms with E-state index in [2.05, 4.69) is 20.2 Å². The minimum atomic E-state index is -0.235. The number of hydrogen-bond acceptors (Lipinski definition) is 4. The van der Waals surface area contributed by atoms with Crippen molar-refractivity contribution < 1.29 is 4.79 Å². The molecular weight excluding hydrogens is 276 g/mol. The minimum absolute atomic E-state index is 0.235. The predicted molar refractivity (Wildman–Crippen MR) is 87.2 cm³/mol. The van der Waals surface area contributed by atoms with Crippen LogP contribution in [0, 0.1) is 6.92 Å². The lowest BCUT2D eigenvalue weighted by Crippen LogP contribution is -2.30. The molecule has 0 unspecified atom stereocenters. The lowest BCUT2D eigenvalue weighted by Gasteiger charge is -2.27. The van der Waals surface area contributed by atoms with Crippen LogP contribution < -0.4 is 10.2 Å². The van der Waals surface area contributed by atoms with Gasteiger partial charge in [0.25, 0.3) is 5.91 Å². The zero-order valence-electron chi connectivity index (χ0n) is 12.7. The van der Waals surface area contributed by atoms with Crippen LogP contribution in [-0.2, 0) is 0 Å². The molecule has 1 N–H and O–H groups in total. The molecule has 0 aliphatic carbocycles. The average molecular weight is 296 g/mol. The predicted octanol–water partition coefficient (Wildman–Crippen LogP) is 3.03. The van der Waals surface area contributed by atoms with Gasteiger partial charge >= 0.3 is 0 Å². The Kier molecular flexibility index (Phi) is 4.32. The molecule has 5 heteroatoms. The molecule has 1 amide bonds. The van der Waals surface area contributed by atoms with Gasteiger partial charge in [-0.3, -0.25) is 4.79 Å². The van der Waals surface area contributed by atoms with E-state index in [1.165, 1.54) is 19.3 Å². The topological polar surface area (TPSA) is 58.1 Å². The van der Waals surface area contributed by atoms with Crippen molar-refractivity contribution in [1.29, 1.82) is 0 Å². The second-order valence-corrected chi connectivity index (χ2v) is 5.63. The van der Waals surface area contributed by atoms with Crippen LogP contribution in [-0.4, -0.2) is 29.0 Å². The first-order chi connectivity index (χ1) is 10.7. The molecule has 1 aromatic heterocycles. The Labute approximate surface area is 130 Å². The quantitative estimate of drug-likeness (QED) is 0.946. The van der Waals surface area contributed by atoms with E-state index in [1.807, 2.05) is 31.2 Å². The van der Waals surface area contributed by atoms with E-state index in [9.17, 15) is 4.79 Å². The summed E-state index contributed by atoms with van der Waals surface area (Å²) in [6, 6.07) is 7.67. The van der Waals surface area contributed by atoms with Gasteiger partial charge in [0.2, 0.25) is 0 Å². The van der Waals surface area contributed by atoms with Crippen LogP contribution in [0.5, 0.6) is 0 Å². The number of aryl methyl sites for hydroxylation is 1. The van der Waals surface area contributed by atoms with Crippen LogP contribution in [0.4, 0.5) is 11.5 Å². The SMILES string of the molecule is Cc1ccc(NC(=O)c2cnc(N3CCCCC3)cn2)cc1. The van der Waals surface area contributed by atoms with Crippen LogP contribution >= 0.6 is 0 Å². The Bertz CT molecular complexity index is 631. The number of anilines is 2. The fraction of sp³-hybridized carbons (Fsp3) is 0.353. The summed E-state index contributed by atoms with van der Waals surface area (Å²) in [6.45, 7) is 4.05. The van der Waals surface area contributed by atoms with Crippen LogP contribution in [0.3, 0.4) is 0 Å². The number of piperidine rings is 1. The third-order valence-electron chi connectivity index (χ3n) is 3.86. The molecule has 1 aliphatic rings. The summed E-state index contributed by atoms with van der Waals surface area (Å²) in [5.74, 6) is 0.619. The van der Waals surface area contributed by atoms with Gasteiger partial charge in [0.15, 0.2) is 0 Å². The molecule has 1 saturated heterocycles. The van der Waals surface area contributed by atoms with Gasteiger partial charge in [-0.1, -0.05) is 17.7 Å². The third kappa shape index (κ3) is 3.42. The highest BCUT2D eigenvalue weighted by Gasteiger charge is 2.14. The molecule has 3 rings (SSSR count). The second kappa shape index (κ2) is 6.56. The van der Waals surface area contributed by atoms with Gasteiger partial charge in [-0.2, -0.15) is 0 Å². The Morgan fingerprint density at radius 2 is 1.77 bits per heavy atom. The first-order valence-electron chi connectivity index (χ1n) is 7.67. The Hall–Kier alpha value is -2.43. The van der Waals surface area contributed by atoms with Crippen molar-refractivity contribution >= 4 is 17.4 Å². The summed E-state index contributed by atoms with van der Waals surface area (Å²) in [7, 11) is 0. The molecule has 0 spiro atoms. The van der Waals surface area contributed by atoms with Crippen LogP contribution in [0.2, 0.25) is 0 Å². The number of nitrogens with one attached hydrogen (secondary N) is 1. The maximum Gasteiger partial charge on any atom is 0.275 e. The van der Waals surface area contributed by atoms with Crippen LogP contribution in [0.25, 0.3) is 0 Å². The number of hydrogen-bond donors (Lipinski definition) is 1. The van der Waals surface area contributed by atoms with Crippen molar-refractivity contribution in [2.24, 2.45) is 0 Å². The number of carbonyl (C=O) groups is 1. The lowest BCUT2D eigenvalue weighted by atomic mass is 10.1. The van der Waals surface area contributed by atoms with Gasteiger partial charge in [-0.15, -0.1) is 0 Å². The number of aromatic nitrogens is 2. The second-order valence-electron chi connectivity index (χ2n) is 5.63. The highest BCUT2D eigenvalue weighted by atomic mass is 16.1. The van der Waals surface area contributed by atoms with Crippen molar-refractivity contribution in [3.63, 3.8) is 0 Å². The van der Waals surface area contributed by atoms with Crippen molar-refractivity contribution in [2.45, 2.75) is 26.2 Å². The summed E-state index contributed by atoms with van der Waals surface area (Å²) >= 11 is 0. The van der Waals surface area contributed by atoms with E-state index in [4.69, 9.17) is 0 Å². The summed E-state index contributed by atoms with van der Waals surface area (Å²) in [5, 5.41) is 2.83. The van der Waals surface area contributed by atoms with Crippen LogP contribution in [0.1, 0.15) is 35.3 Å². The van der Waals surface area contributed by atoms with E-state index >= 15 is 0 Å². The molecule has 5 nitrogen and oxygen atoms in total. The molecule has 114 valence electrons. The number of amides is 1. The maximum atomic E-state index is 12.2. The first-order valence-corrected chi connectivity index (χ1v) is 7.67. The van der Waals surface area contributed by atoms with Crippen molar-refractivity contribution in [3.8, 4) is 0 Å². The van der Waals surface area contributed by atoms with E-state index in [1.54, 1.807) is 12.4 Å². The molecule has 2 aromatic rings. The smallest absolute Gasteiger partial charge is 0.275 e. The largest absolute Gasteiger partial charge is 0.355 e. The molecule has 22 heavy (non-hydrogen) atoms. The first kappa shape index (κ1) is 14.5. The van der Waals surface area contributed by atoms with Crippen LogP contribution in [0.15, 0.2) is 36.7 Å². The Morgan fingerprint density at radius 3 is 2.41 bits per heavy atom. The zero-order chi connectivity index (χ0) is 15.4. The maximum absolute atomic E-state index is 12.2. The Morgan fingerprint density at radius 1 is 1.05 bits per heavy atom. The third-order valence-corrected chi connectivity index (χ3v) is 3.86. The van der Waals surface area contributed by atoms with Gasteiger partial charge in [0.1, 0.15) is 11.5 Å². The summed E-state index contributed by atoms with van der Waals surface area (Å²) in [6.07, 6.45) is 6.90. The standard InChI is InChI=1S/C17H20N4O/c1-13-5-7-14(8-6-13)20-17(22)15-11-19-16(12-18-15)21-9-3-2-4-10-21/h5-8,11-12H,2-4,9-10H2,1H3,(H,20,22). The van der Waals surface area contributed by atoms with Gasteiger partial charge in [0.05, 0.1) is 12.4 Å². The summed E-state index contributed by atoms with van der Waals surface area (Å²) in [4.78, 5) is 23.0. The number of carbonyl (C=O) groups excluding carboxylic acids is 1. The van der Waals surface area contributed by atoms with Crippen molar-refractivity contribution in [1.82, 2.24) is 9.97 Å². The molecule has 1 aliphatic heterocycles. The van der Waals surface area contributed by atoms with Gasteiger partial charge < -0.3 is 10.2 Å². The van der Waals surface area contributed by atoms with Crippen molar-refractivity contribution in [2.75, 3.05) is 23.3 Å². The molecule has 0 atom stereocenters. The lowest BCUT2D eigenvalue weighted by molar-refractivity contribution is 0.102. The summed E-state index contributed by atoms with van der Waals surface area (Å²) in [5.41, 5.74) is 2.25. The highest BCUT2D eigenvalue weighted by molar-refractivity contribution is 6.02. The normalized spacial score (nSPS) is 14.7. The van der Waals surface area contributed by atoms with E-state index in [0.29, 0.717) is 5.69 Å². The number of rotatable bonds is 3. The molecule has 1 aromatic carbocycles. The Balaban J connectivity index is 1.66. The summed E-state index contributed by atoms with van der Waals surface area (Å²) < 4.78 is 0. The van der Waals surface area contributed by atoms with E-state index < -0.39 is 0 Å². The van der Waals surface area contributed by atoms with E-state index in [0.717, 1.165) is 30.2 Å². The van der Waals surface area contributed by atoms with E-state index in [-0.39, 0.29) is 5.91 Å². The molecule has 0 saturated carbocycles. The molecular formula is C17H20N4O.